The molecular weight excluding hydrogens is 250 g/mol. The molecule has 3 N–H and O–H groups in total. The van der Waals surface area contributed by atoms with Crippen molar-refractivity contribution in [1.82, 2.24) is 0 Å². The number of nitrogens with two attached hydrogens (primary N) is 1. The summed E-state index contributed by atoms with van der Waals surface area (Å²) in [5.74, 6) is 0.452. The maximum atomic E-state index is 11.6. The fraction of sp³-hybridized carbons (Fsp3) is 0.923. The highest BCUT2D eigenvalue weighted by molar-refractivity contribution is 8.00. The molecule has 0 aromatic heterocycles. The predicted molar refractivity (Wildman–Crippen MR) is 76.6 cm³/mol. The number of thioether (sulfide) groups is 1. The van der Waals surface area contributed by atoms with Gasteiger partial charge in [0, 0.05) is 11.3 Å². The van der Waals surface area contributed by atoms with E-state index in [9.17, 15) is 9.90 Å². The zero-order chi connectivity index (χ0) is 14.3. The Balaban J connectivity index is 4.11. The average Bonchev–Trinajstić information content (AvgIpc) is 2.14. The lowest BCUT2D eigenvalue weighted by Gasteiger charge is -2.24. The van der Waals surface area contributed by atoms with E-state index in [1.54, 1.807) is 0 Å². The maximum Gasteiger partial charge on any atom is 0.316 e. The molecule has 0 radical (unpaired) electrons. The number of aliphatic hydroxyl groups excluding tert-OH is 1. The van der Waals surface area contributed by atoms with Gasteiger partial charge in [-0.3, -0.25) is 4.79 Å². The van der Waals surface area contributed by atoms with E-state index >= 15 is 0 Å². The van der Waals surface area contributed by atoms with Gasteiger partial charge in [-0.1, -0.05) is 13.8 Å². The van der Waals surface area contributed by atoms with E-state index in [-0.39, 0.29) is 29.6 Å². The lowest BCUT2D eigenvalue weighted by Crippen LogP contribution is -2.37. The highest BCUT2D eigenvalue weighted by Gasteiger charge is 2.22. The molecule has 108 valence electrons. The standard InChI is InChI=1S/C13H27NO3S/c1-9(2)6-10(14)11(7-15)18-8-12(16)17-13(3,4)5/h9-11,15H,6-8,14H2,1-5H3. The maximum absolute atomic E-state index is 11.6. The lowest BCUT2D eigenvalue weighted by atomic mass is 10.0. The molecule has 0 rings (SSSR count). The second-order valence-corrected chi connectivity index (χ2v) is 7.14. The van der Waals surface area contributed by atoms with Crippen molar-refractivity contribution >= 4 is 17.7 Å². The lowest BCUT2D eigenvalue weighted by molar-refractivity contribution is -0.151. The van der Waals surface area contributed by atoms with Crippen LogP contribution in [0, 0.1) is 5.92 Å². The Morgan fingerprint density at radius 2 is 1.94 bits per heavy atom. The molecule has 0 aliphatic heterocycles. The van der Waals surface area contributed by atoms with Crippen LogP contribution in [0.5, 0.6) is 0 Å². The summed E-state index contributed by atoms with van der Waals surface area (Å²) in [6.07, 6.45) is 0.840. The van der Waals surface area contributed by atoms with Crippen molar-refractivity contribution in [2.24, 2.45) is 11.7 Å². The highest BCUT2D eigenvalue weighted by Crippen LogP contribution is 2.19. The molecular formula is C13H27NO3S. The third-order valence-corrected chi connectivity index (χ3v) is 3.57. The summed E-state index contributed by atoms with van der Waals surface area (Å²) in [6, 6.07) is -0.0950. The molecule has 0 bridgehead atoms. The zero-order valence-corrected chi connectivity index (χ0v) is 12.9. The molecule has 0 fully saturated rings. The highest BCUT2D eigenvalue weighted by atomic mass is 32.2. The molecule has 2 atom stereocenters. The van der Waals surface area contributed by atoms with Crippen molar-refractivity contribution in [3.63, 3.8) is 0 Å². The number of esters is 1. The second kappa shape index (κ2) is 8.02. The molecule has 0 aromatic rings. The first-order valence-electron chi connectivity index (χ1n) is 6.35. The molecule has 2 unspecified atom stereocenters. The Bertz CT molecular complexity index is 251. The van der Waals surface area contributed by atoms with Gasteiger partial charge in [0.05, 0.1) is 12.4 Å². The van der Waals surface area contributed by atoms with Crippen molar-refractivity contribution in [2.45, 2.75) is 57.9 Å². The molecule has 18 heavy (non-hydrogen) atoms. The Hall–Kier alpha value is -0.260. The van der Waals surface area contributed by atoms with Gasteiger partial charge in [0.1, 0.15) is 5.60 Å². The van der Waals surface area contributed by atoms with E-state index in [1.807, 2.05) is 20.8 Å². The van der Waals surface area contributed by atoms with Crippen LogP contribution in [0.1, 0.15) is 41.0 Å². The van der Waals surface area contributed by atoms with Gasteiger partial charge in [-0.15, -0.1) is 11.8 Å². The van der Waals surface area contributed by atoms with E-state index in [0.29, 0.717) is 5.92 Å². The normalized spacial score (nSPS) is 15.6. The van der Waals surface area contributed by atoms with Crippen LogP contribution in [0.25, 0.3) is 0 Å². The van der Waals surface area contributed by atoms with E-state index in [1.165, 1.54) is 11.8 Å². The minimum Gasteiger partial charge on any atom is -0.459 e. The van der Waals surface area contributed by atoms with E-state index < -0.39 is 5.60 Å². The van der Waals surface area contributed by atoms with Crippen LogP contribution in [0.15, 0.2) is 0 Å². The Morgan fingerprint density at radius 1 is 1.39 bits per heavy atom. The van der Waals surface area contributed by atoms with Crippen LogP contribution in [0.2, 0.25) is 0 Å². The fourth-order valence-corrected chi connectivity index (χ4v) is 2.43. The number of hydrogen-bond donors (Lipinski definition) is 2. The van der Waals surface area contributed by atoms with Crippen LogP contribution in [0.4, 0.5) is 0 Å². The first kappa shape index (κ1) is 17.7. The van der Waals surface area contributed by atoms with Crippen LogP contribution in [-0.4, -0.2) is 40.3 Å². The number of hydrogen-bond acceptors (Lipinski definition) is 5. The van der Waals surface area contributed by atoms with Gasteiger partial charge < -0.3 is 15.6 Å². The molecule has 0 heterocycles. The third kappa shape index (κ3) is 8.78. The summed E-state index contributed by atoms with van der Waals surface area (Å²) in [5, 5.41) is 9.19. The Morgan fingerprint density at radius 3 is 2.33 bits per heavy atom. The second-order valence-electron chi connectivity index (χ2n) is 5.91. The Kier molecular flexibility index (Phi) is 7.90. The third-order valence-electron chi connectivity index (χ3n) is 2.24. The van der Waals surface area contributed by atoms with Crippen molar-refractivity contribution < 1.29 is 14.6 Å². The molecule has 4 nitrogen and oxygen atoms in total. The van der Waals surface area contributed by atoms with Gasteiger partial charge >= 0.3 is 5.97 Å². The van der Waals surface area contributed by atoms with Gasteiger partial charge in [0.25, 0.3) is 0 Å². The molecule has 0 spiro atoms. The van der Waals surface area contributed by atoms with Gasteiger partial charge in [0.2, 0.25) is 0 Å². The van der Waals surface area contributed by atoms with Crippen LogP contribution < -0.4 is 5.73 Å². The molecule has 0 saturated heterocycles. The minimum atomic E-state index is -0.466. The number of carbonyl (C=O) groups excluding carboxylic acids is 1. The topological polar surface area (TPSA) is 72.5 Å². The van der Waals surface area contributed by atoms with Crippen LogP contribution >= 0.6 is 11.8 Å². The summed E-state index contributed by atoms with van der Waals surface area (Å²) < 4.78 is 5.21. The van der Waals surface area contributed by atoms with E-state index in [2.05, 4.69) is 13.8 Å². The fourth-order valence-electron chi connectivity index (χ4n) is 1.55. The SMILES string of the molecule is CC(C)CC(N)C(CO)SCC(=O)OC(C)(C)C. The first-order chi connectivity index (χ1) is 8.15. The number of carbonyl (C=O) groups is 1. The summed E-state index contributed by atoms with van der Waals surface area (Å²) in [7, 11) is 0. The van der Waals surface area contributed by atoms with E-state index in [4.69, 9.17) is 10.5 Å². The quantitative estimate of drug-likeness (QED) is 0.694. The largest absolute Gasteiger partial charge is 0.459 e. The van der Waals surface area contributed by atoms with Gasteiger partial charge in [-0.2, -0.15) is 0 Å². The van der Waals surface area contributed by atoms with E-state index in [0.717, 1.165) is 6.42 Å². The first-order valence-corrected chi connectivity index (χ1v) is 7.40. The molecule has 0 saturated carbocycles. The van der Waals surface area contributed by atoms with Crippen LogP contribution in [-0.2, 0) is 9.53 Å². The zero-order valence-electron chi connectivity index (χ0n) is 12.1. The predicted octanol–water partition coefficient (Wildman–Crippen LogP) is 1.80. The number of aliphatic hydroxyl groups is 1. The number of rotatable bonds is 7. The molecule has 0 aromatic carbocycles. The van der Waals surface area contributed by atoms with Crippen molar-refractivity contribution in [1.29, 1.82) is 0 Å². The summed E-state index contributed by atoms with van der Waals surface area (Å²) >= 11 is 1.37. The smallest absolute Gasteiger partial charge is 0.316 e. The Labute approximate surface area is 115 Å². The number of ether oxygens (including phenoxy) is 1. The van der Waals surface area contributed by atoms with Crippen molar-refractivity contribution in [3.05, 3.63) is 0 Å². The van der Waals surface area contributed by atoms with Crippen molar-refractivity contribution in [2.75, 3.05) is 12.4 Å². The van der Waals surface area contributed by atoms with Crippen molar-refractivity contribution in [3.8, 4) is 0 Å². The molecule has 0 aliphatic carbocycles. The monoisotopic (exact) mass is 277 g/mol. The van der Waals surface area contributed by atoms with Crippen LogP contribution in [0.3, 0.4) is 0 Å². The average molecular weight is 277 g/mol. The summed E-state index contributed by atoms with van der Waals surface area (Å²) in [6.45, 7) is 9.68. The molecule has 0 amide bonds. The summed E-state index contributed by atoms with van der Waals surface area (Å²) in [4.78, 5) is 11.6. The van der Waals surface area contributed by atoms with Gasteiger partial charge in [-0.25, -0.2) is 0 Å². The van der Waals surface area contributed by atoms with Gasteiger partial charge in [-0.05, 0) is 33.1 Å². The minimum absolute atomic E-state index is 0.0125. The molecule has 5 heteroatoms. The molecule has 0 aliphatic rings. The summed E-state index contributed by atoms with van der Waals surface area (Å²) in [5.41, 5.74) is 5.54. The van der Waals surface area contributed by atoms with Gasteiger partial charge in [0.15, 0.2) is 0 Å².